The zero-order chi connectivity index (χ0) is 10.4. The molecule has 0 radical (unpaired) electrons. The smallest absolute Gasteiger partial charge is 0.350 e. The van der Waals surface area contributed by atoms with Crippen LogP contribution in [0.5, 0.6) is 0 Å². The molecule has 0 amide bonds. The maximum atomic E-state index is 11.4. The van der Waals surface area contributed by atoms with Gasteiger partial charge in [0.05, 0.1) is 12.3 Å². The van der Waals surface area contributed by atoms with Gasteiger partial charge < -0.3 is 10.5 Å². The maximum absolute atomic E-state index is 11.4. The summed E-state index contributed by atoms with van der Waals surface area (Å²) in [5.74, 6) is 0.700. The Kier molecular flexibility index (Phi) is 4.82. The molecule has 0 aliphatic heterocycles. The van der Waals surface area contributed by atoms with Crippen LogP contribution in [0.3, 0.4) is 0 Å². The molecular formula is C9H13NO2S2. The first-order chi connectivity index (χ1) is 6.75. The van der Waals surface area contributed by atoms with Crippen molar-refractivity contribution < 1.29 is 9.53 Å². The summed E-state index contributed by atoms with van der Waals surface area (Å²) in [6.07, 6.45) is 2.91. The molecule has 0 saturated carbocycles. The molecule has 14 heavy (non-hydrogen) atoms. The average Bonchev–Trinajstić information content (AvgIpc) is 2.59. The van der Waals surface area contributed by atoms with E-state index in [1.165, 1.54) is 11.3 Å². The lowest BCUT2D eigenvalue weighted by atomic mass is 10.4. The molecule has 0 saturated heterocycles. The molecule has 0 spiro atoms. The van der Waals surface area contributed by atoms with Crippen LogP contribution in [-0.2, 0) is 4.74 Å². The number of ether oxygens (including phenoxy) is 1. The number of nitrogen functional groups attached to an aromatic ring is 1. The fraction of sp³-hybridized carbons (Fsp3) is 0.444. The molecule has 0 unspecified atom stereocenters. The lowest BCUT2D eigenvalue weighted by molar-refractivity contribution is 0.0513. The van der Waals surface area contributed by atoms with Crippen molar-refractivity contribution in [2.75, 3.05) is 24.3 Å². The third-order valence-electron chi connectivity index (χ3n) is 1.61. The fourth-order valence-corrected chi connectivity index (χ4v) is 2.04. The van der Waals surface area contributed by atoms with Crippen LogP contribution >= 0.6 is 23.1 Å². The predicted molar refractivity (Wildman–Crippen MR) is 62.0 cm³/mol. The van der Waals surface area contributed by atoms with E-state index < -0.39 is 0 Å². The molecule has 2 N–H and O–H groups in total. The van der Waals surface area contributed by atoms with Crippen LogP contribution in [-0.4, -0.2) is 24.6 Å². The topological polar surface area (TPSA) is 52.3 Å². The first-order valence-corrected chi connectivity index (χ1v) is 6.52. The van der Waals surface area contributed by atoms with E-state index >= 15 is 0 Å². The number of carbonyl (C=O) groups is 1. The number of thioether (sulfide) groups is 1. The largest absolute Gasteiger partial charge is 0.461 e. The van der Waals surface area contributed by atoms with Gasteiger partial charge in [-0.2, -0.15) is 11.8 Å². The van der Waals surface area contributed by atoms with Crippen LogP contribution in [0.15, 0.2) is 11.4 Å². The highest BCUT2D eigenvalue weighted by Crippen LogP contribution is 2.19. The van der Waals surface area contributed by atoms with Crippen LogP contribution in [0.1, 0.15) is 16.1 Å². The summed E-state index contributed by atoms with van der Waals surface area (Å²) >= 11 is 3.06. The molecule has 3 nitrogen and oxygen atoms in total. The Balaban J connectivity index is 2.32. The molecule has 0 atom stereocenters. The van der Waals surface area contributed by atoms with Crippen LogP contribution < -0.4 is 5.73 Å². The highest BCUT2D eigenvalue weighted by atomic mass is 32.2. The number of thiophene rings is 1. The number of anilines is 1. The lowest BCUT2D eigenvalue weighted by Crippen LogP contribution is -2.07. The first kappa shape index (κ1) is 11.4. The van der Waals surface area contributed by atoms with Crippen LogP contribution in [0.4, 0.5) is 5.69 Å². The van der Waals surface area contributed by atoms with Gasteiger partial charge in [0.1, 0.15) is 4.88 Å². The second-order valence-corrected chi connectivity index (χ2v) is 4.59. The Morgan fingerprint density at radius 1 is 1.71 bits per heavy atom. The molecule has 1 rings (SSSR count). The van der Waals surface area contributed by atoms with E-state index in [4.69, 9.17) is 10.5 Å². The predicted octanol–water partition coefficient (Wildman–Crippen LogP) is 2.24. The second kappa shape index (κ2) is 5.93. The van der Waals surface area contributed by atoms with E-state index in [2.05, 4.69) is 0 Å². The van der Waals surface area contributed by atoms with Gasteiger partial charge in [-0.05, 0) is 29.9 Å². The number of rotatable bonds is 5. The Bertz CT molecular complexity index is 299. The van der Waals surface area contributed by atoms with E-state index in [-0.39, 0.29) is 5.97 Å². The van der Waals surface area contributed by atoms with Gasteiger partial charge in [-0.15, -0.1) is 11.3 Å². The van der Waals surface area contributed by atoms with E-state index in [1.54, 1.807) is 23.2 Å². The van der Waals surface area contributed by atoms with Crippen LogP contribution in [0, 0.1) is 0 Å². The molecule has 1 aromatic heterocycles. The van der Waals surface area contributed by atoms with E-state index in [0.29, 0.717) is 17.2 Å². The van der Waals surface area contributed by atoms with Gasteiger partial charge in [-0.3, -0.25) is 0 Å². The minimum Gasteiger partial charge on any atom is -0.461 e. The van der Waals surface area contributed by atoms with Crippen molar-refractivity contribution in [2.24, 2.45) is 0 Å². The fourth-order valence-electron chi connectivity index (χ4n) is 0.919. The SMILES string of the molecule is CSCCCOC(=O)c1sccc1N. The summed E-state index contributed by atoms with van der Waals surface area (Å²) < 4.78 is 5.05. The minimum absolute atomic E-state index is 0.307. The van der Waals surface area contributed by atoms with Crippen LogP contribution in [0.2, 0.25) is 0 Å². The van der Waals surface area contributed by atoms with E-state index in [9.17, 15) is 4.79 Å². The van der Waals surface area contributed by atoms with Gasteiger partial charge >= 0.3 is 5.97 Å². The van der Waals surface area contributed by atoms with Crippen molar-refractivity contribution >= 4 is 34.8 Å². The van der Waals surface area contributed by atoms with Crippen molar-refractivity contribution in [2.45, 2.75) is 6.42 Å². The van der Waals surface area contributed by atoms with Gasteiger partial charge in [0.2, 0.25) is 0 Å². The number of hydrogen-bond donors (Lipinski definition) is 1. The lowest BCUT2D eigenvalue weighted by Gasteiger charge is -2.02. The number of esters is 1. The summed E-state index contributed by atoms with van der Waals surface area (Å²) in [4.78, 5) is 11.9. The van der Waals surface area contributed by atoms with Gasteiger partial charge in [0, 0.05) is 0 Å². The minimum atomic E-state index is -0.307. The molecule has 5 heteroatoms. The van der Waals surface area contributed by atoms with E-state index in [0.717, 1.165) is 12.2 Å². The van der Waals surface area contributed by atoms with Crippen molar-refractivity contribution in [1.82, 2.24) is 0 Å². The Labute approximate surface area is 91.6 Å². The van der Waals surface area contributed by atoms with Crippen molar-refractivity contribution in [3.05, 3.63) is 16.3 Å². The molecule has 1 aromatic rings. The third kappa shape index (κ3) is 3.23. The summed E-state index contributed by atoms with van der Waals surface area (Å²) in [5, 5.41) is 1.79. The summed E-state index contributed by atoms with van der Waals surface area (Å²) in [6.45, 7) is 0.469. The zero-order valence-electron chi connectivity index (χ0n) is 7.99. The van der Waals surface area contributed by atoms with Crippen molar-refractivity contribution in [3.8, 4) is 0 Å². The maximum Gasteiger partial charge on any atom is 0.350 e. The molecule has 1 heterocycles. The molecule has 0 aliphatic carbocycles. The molecule has 0 aromatic carbocycles. The van der Waals surface area contributed by atoms with Crippen molar-refractivity contribution in [3.63, 3.8) is 0 Å². The monoisotopic (exact) mass is 231 g/mol. The quantitative estimate of drug-likeness (QED) is 0.623. The summed E-state index contributed by atoms with van der Waals surface area (Å²) in [7, 11) is 0. The molecular weight excluding hydrogens is 218 g/mol. The molecule has 78 valence electrons. The highest BCUT2D eigenvalue weighted by molar-refractivity contribution is 7.98. The van der Waals surface area contributed by atoms with Gasteiger partial charge in [0.15, 0.2) is 0 Å². The highest BCUT2D eigenvalue weighted by Gasteiger charge is 2.11. The number of nitrogens with two attached hydrogens (primary N) is 1. The number of carbonyl (C=O) groups excluding carboxylic acids is 1. The zero-order valence-corrected chi connectivity index (χ0v) is 9.62. The Morgan fingerprint density at radius 3 is 3.07 bits per heavy atom. The molecule has 0 bridgehead atoms. The summed E-state index contributed by atoms with van der Waals surface area (Å²) in [5.41, 5.74) is 6.08. The third-order valence-corrected chi connectivity index (χ3v) is 3.21. The van der Waals surface area contributed by atoms with Gasteiger partial charge in [-0.1, -0.05) is 0 Å². The normalized spacial score (nSPS) is 10.1. The molecule has 0 fully saturated rings. The Hall–Kier alpha value is -0.680. The van der Waals surface area contributed by atoms with Gasteiger partial charge in [-0.25, -0.2) is 4.79 Å². The van der Waals surface area contributed by atoms with Crippen molar-refractivity contribution in [1.29, 1.82) is 0 Å². The summed E-state index contributed by atoms with van der Waals surface area (Å²) in [6, 6.07) is 1.71. The number of hydrogen-bond acceptors (Lipinski definition) is 5. The standard InChI is InChI=1S/C9H13NO2S2/c1-13-5-2-4-12-9(11)8-7(10)3-6-14-8/h3,6H,2,4-5,10H2,1H3. The Morgan fingerprint density at radius 2 is 2.50 bits per heavy atom. The first-order valence-electron chi connectivity index (χ1n) is 4.24. The van der Waals surface area contributed by atoms with E-state index in [1.807, 2.05) is 6.26 Å². The van der Waals surface area contributed by atoms with Gasteiger partial charge in [0.25, 0.3) is 0 Å². The average molecular weight is 231 g/mol. The molecule has 0 aliphatic rings. The van der Waals surface area contributed by atoms with Crippen LogP contribution in [0.25, 0.3) is 0 Å². The second-order valence-electron chi connectivity index (χ2n) is 2.69.